The van der Waals surface area contributed by atoms with E-state index in [0.717, 1.165) is 20.1 Å². The van der Waals surface area contributed by atoms with Gasteiger partial charge in [0.1, 0.15) is 11.5 Å². The zero-order chi connectivity index (χ0) is 20.8. The zero-order valence-electron chi connectivity index (χ0n) is 15.4. The Balaban J connectivity index is 1.83. The van der Waals surface area contributed by atoms with Crippen molar-refractivity contribution in [1.29, 1.82) is 0 Å². The number of ether oxygens (including phenoxy) is 2. The molecule has 28 heavy (non-hydrogen) atoms. The predicted molar refractivity (Wildman–Crippen MR) is 115 cm³/mol. The van der Waals surface area contributed by atoms with E-state index in [1.165, 1.54) is 0 Å². The smallest absolute Gasteiger partial charge is 0.279 e. The summed E-state index contributed by atoms with van der Waals surface area (Å²) in [4.78, 5) is 24.1. The monoisotopic (exact) mass is 532 g/mol. The van der Waals surface area contributed by atoms with Gasteiger partial charge >= 0.3 is 0 Å². The Labute approximate surface area is 185 Å². The normalized spacial score (nSPS) is 11.5. The van der Waals surface area contributed by atoms with Crippen LogP contribution in [0.4, 0.5) is 0 Å². The molecule has 1 unspecified atom stereocenters. The third-order valence-corrected chi connectivity index (χ3v) is 4.91. The molecule has 1 atom stereocenters. The number of amides is 2. The van der Waals surface area contributed by atoms with Gasteiger partial charge in [0.25, 0.3) is 11.8 Å². The summed E-state index contributed by atoms with van der Waals surface area (Å²) >= 11 is 12.7. The fraction of sp³-hybridized carbons (Fsp3) is 0.263. The topological polar surface area (TPSA) is 76.7 Å². The lowest BCUT2D eigenvalue weighted by molar-refractivity contribution is -0.133. The van der Waals surface area contributed by atoms with Crippen LogP contribution < -0.4 is 20.3 Å². The lowest BCUT2D eigenvalue weighted by atomic mass is 10.1. The summed E-state index contributed by atoms with van der Waals surface area (Å²) in [6, 6.07) is 8.84. The minimum absolute atomic E-state index is 0.304. The molecule has 2 aromatic carbocycles. The fourth-order valence-electron chi connectivity index (χ4n) is 2.32. The quantitative estimate of drug-likeness (QED) is 0.536. The molecule has 2 aromatic rings. The second-order valence-electron chi connectivity index (χ2n) is 6.03. The molecule has 0 spiro atoms. The molecule has 150 valence electrons. The second kappa shape index (κ2) is 10.1. The Morgan fingerprint density at radius 1 is 1.07 bits per heavy atom. The van der Waals surface area contributed by atoms with Gasteiger partial charge in [-0.3, -0.25) is 20.4 Å². The van der Waals surface area contributed by atoms with Crippen molar-refractivity contribution in [1.82, 2.24) is 10.9 Å². The number of hydrogen-bond donors (Lipinski definition) is 2. The van der Waals surface area contributed by atoms with Crippen LogP contribution >= 0.6 is 43.5 Å². The molecule has 6 nitrogen and oxygen atoms in total. The van der Waals surface area contributed by atoms with E-state index >= 15 is 0 Å². The molecule has 0 aliphatic rings. The largest absolute Gasteiger partial charge is 0.482 e. The first-order valence-corrected chi connectivity index (χ1v) is 10.2. The molecule has 2 amide bonds. The summed E-state index contributed by atoms with van der Waals surface area (Å²) in [5, 5.41) is 0.369. The molecule has 0 radical (unpaired) electrons. The van der Waals surface area contributed by atoms with Crippen molar-refractivity contribution in [3.63, 3.8) is 0 Å². The molecule has 0 bridgehead atoms. The number of rotatable bonds is 6. The lowest BCUT2D eigenvalue weighted by Gasteiger charge is -2.18. The van der Waals surface area contributed by atoms with E-state index in [-0.39, 0.29) is 6.61 Å². The highest BCUT2D eigenvalue weighted by Gasteiger charge is 2.18. The predicted octanol–water partition coefficient (Wildman–Crippen LogP) is 4.48. The van der Waals surface area contributed by atoms with Crippen molar-refractivity contribution in [3.8, 4) is 11.5 Å². The van der Waals surface area contributed by atoms with Gasteiger partial charge < -0.3 is 9.47 Å². The number of nitrogens with one attached hydrogen (secondary N) is 2. The van der Waals surface area contributed by atoms with Crippen molar-refractivity contribution in [2.24, 2.45) is 0 Å². The molecule has 0 heterocycles. The number of aryl methyl sites for hydroxylation is 2. The summed E-state index contributed by atoms with van der Waals surface area (Å²) in [5.74, 6) is -0.0260. The number of hydrazine groups is 1. The van der Waals surface area contributed by atoms with Crippen molar-refractivity contribution in [3.05, 3.63) is 55.4 Å². The van der Waals surface area contributed by atoms with E-state index in [9.17, 15) is 9.59 Å². The number of carbonyl (C=O) groups excluding carboxylic acids is 2. The Morgan fingerprint density at radius 2 is 1.71 bits per heavy atom. The first-order chi connectivity index (χ1) is 13.2. The third-order valence-electron chi connectivity index (χ3n) is 3.67. The van der Waals surface area contributed by atoms with Gasteiger partial charge in [-0.05, 0) is 62.2 Å². The maximum atomic E-state index is 12.2. The van der Waals surface area contributed by atoms with E-state index in [1.54, 1.807) is 25.1 Å². The Morgan fingerprint density at radius 3 is 2.32 bits per heavy atom. The molecule has 9 heteroatoms. The summed E-state index contributed by atoms with van der Waals surface area (Å²) in [7, 11) is 0. The number of carbonyl (C=O) groups is 2. The van der Waals surface area contributed by atoms with Gasteiger partial charge in [-0.2, -0.15) is 0 Å². The minimum Gasteiger partial charge on any atom is -0.482 e. The van der Waals surface area contributed by atoms with Crippen molar-refractivity contribution in [2.45, 2.75) is 26.9 Å². The summed E-state index contributed by atoms with van der Waals surface area (Å²) < 4.78 is 12.8. The van der Waals surface area contributed by atoms with Gasteiger partial charge in [0, 0.05) is 8.95 Å². The molecule has 0 aliphatic heterocycles. The van der Waals surface area contributed by atoms with Crippen LogP contribution in [-0.2, 0) is 9.59 Å². The molecular weight excluding hydrogens is 515 g/mol. The van der Waals surface area contributed by atoms with E-state index in [2.05, 4.69) is 42.7 Å². The van der Waals surface area contributed by atoms with Crippen LogP contribution in [0.5, 0.6) is 11.5 Å². The van der Waals surface area contributed by atoms with Crippen molar-refractivity contribution < 1.29 is 19.1 Å². The van der Waals surface area contributed by atoms with E-state index in [4.69, 9.17) is 21.1 Å². The van der Waals surface area contributed by atoms with Crippen LogP contribution in [0.3, 0.4) is 0 Å². The van der Waals surface area contributed by atoms with Gasteiger partial charge in [0.2, 0.25) is 0 Å². The lowest BCUT2D eigenvalue weighted by Crippen LogP contribution is -2.48. The number of hydrogen-bond acceptors (Lipinski definition) is 4. The van der Waals surface area contributed by atoms with Gasteiger partial charge in [0.15, 0.2) is 12.7 Å². The van der Waals surface area contributed by atoms with Gasteiger partial charge in [-0.25, -0.2) is 0 Å². The third kappa shape index (κ3) is 6.39. The molecule has 2 N–H and O–H groups in total. The Hall–Kier alpha value is -1.77. The minimum atomic E-state index is -0.805. The van der Waals surface area contributed by atoms with Crippen LogP contribution in [0.15, 0.2) is 39.3 Å². The van der Waals surface area contributed by atoms with Crippen LogP contribution in [0.1, 0.15) is 18.1 Å². The van der Waals surface area contributed by atoms with Crippen molar-refractivity contribution in [2.75, 3.05) is 6.61 Å². The van der Waals surface area contributed by atoms with E-state index in [0.29, 0.717) is 16.5 Å². The van der Waals surface area contributed by atoms with Crippen LogP contribution in [0.25, 0.3) is 0 Å². The number of benzene rings is 2. The van der Waals surface area contributed by atoms with Crippen LogP contribution in [-0.4, -0.2) is 24.5 Å². The number of halogens is 3. The molecule has 0 saturated heterocycles. The van der Waals surface area contributed by atoms with Crippen LogP contribution in [0, 0.1) is 13.8 Å². The highest BCUT2D eigenvalue weighted by Crippen LogP contribution is 2.28. The molecule has 0 saturated carbocycles. The Kier molecular flexibility index (Phi) is 8.15. The highest BCUT2D eigenvalue weighted by molar-refractivity contribution is 9.10. The maximum absolute atomic E-state index is 12.2. The first kappa shape index (κ1) is 22.5. The fourth-order valence-corrected chi connectivity index (χ4v) is 3.73. The first-order valence-electron chi connectivity index (χ1n) is 8.27. The van der Waals surface area contributed by atoms with E-state index < -0.39 is 17.9 Å². The standard InChI is InChI=1S/C19H19Br2ClN2O4/c1-10-6-14(21)7-11(2)18(10)28-12(3)19(26)24-23-17(25)9-27-16-5-4-13(20)8-15(16)22/h4-8,12H,9H2,1-3H3,(H,23,25)(H,24,26). The highest BCUT2D eigenvalue weighted by atomic mass is 79.9. The second-order valence-corrected chi connectivity index (χ2v) is 8.27. The summed E-state index contributed by atoms with van der Waals surface area (Å²) in [6.07, 6.45) is -0.805. The molecule has 0 aromatic heterocycles. The Bertz CT molecular complexity index is 869. The summed E-state index contributed by atoms with van der Waals surface area (Å²) in [5.41, 5.74) is 6.40. The van der Waals surface area contributed by atoms with Crippen LogP contribution in [0.2, 0.25) is 5.02 Å². The SMILES string of the molecule is Cc1cc(Br)cc(C)c1OC(C)C(=O)NNC(=O)COc1ccc(Br)cc1Cl. The van der Waals surface area contributed by atoms with E-state index in [1.807, 2.05) is 26.0 Å². The van der Waals surface area contributed by atoms with Gasteiger partial charge in [-0.1, -0.05) is 43.5 Å². The summed E-state index contributed by atoms with van der Waals surface area (Å²) in [6.45, 7) is 5.08. The molecule has 2 rings (SSSR count). The van der Waals surface area contributed by atoms with Gasteiger partial charge in [0.05, 0.1) is 5.02 Å². The zero-order valence-corrected chi connectivity index (χ0v) is 19.4. The van der Waals surface area contributed by atoms with Gasteiger partial charge in [-0.15, -0.1) is 0 Å². The maximum Gasteiger partial charge on any atom is 0.279 e. The average Bonchev–Trinajstić information content (AvgIpc) is 2.61. The van der Waals surface area contributed by atoms with Crippen molar-refractivity contribution >= 4 is 55.3 Å². The molecular formula is C19H19Br2ClN2O4. The molecule has 0 fully saturated rings. The molecule has 0 aliphatic carbocycles. The average molecular weight is 535 g/mol.